The molecule has 0 aliphatic carbocycles. The van der Waals surface area contributed by atoms with E-state index >= 15 is 0 Å². The van der Waals surface area contributed by atoms with Gasteiger partial charge in [0.1, 0.15) is 5.15 Å². The Hall–Kier alpha value is -1.86. The van der Waals surface area contributed by atoms with Gasteiger partial charge in [0.2, 0.25) is 0 Å². The zero-order valence-corrected chi connectivity index (χ0v) is 12.4. The highest BCUT2D eigenvalue weighted by Gasteiger charge is 2.11. The molecule has 1 aromatic heterocycles. The monoisotopic (exact) mass is 281 g/mol. The summed E-state index contributed by atoms with van der Waals surface area (Å²) in [7, 11) is 0. The maximum absolute atomic E-state index is 6.35. The van der Waals surface area contributed by atoms with Crippen molar-refractivity contribution in [3.8, 4) is 11.1 Å². The Labute approximate surface area is 124 Å². The van der Waals surface area contributed by atoms with Gasteiger partial charge >= 0.3 is 0 Å². The molecule has 2 heteroatoms. The largest absolute Gasteiger partial charge is 0.235 e. The highest BCUT2D eigenvalue weighted by Crippen LogP contribution is 2.32. The lowest BCUT2D eigenvalue weighted by Crippen LogP contribution is -1.94. The SMILES string of the molecule is CC(C)c1cc2cccc(-c3ccccc3)c2nc1Cl. The molecule has 0 saturated carbocycles. The second kappa shape index (κ2) is 5.26. The average Bonchev–Trinajstić information content (AvgIpc) is 2.46. The number of halogens is 1. The summed E-state index contributed by atoms with van der Waals surface area (Å²) in [6, 6.07) is 18.7. The smallest absolute Gasteiger partial charge is 0.133 e. The van der Waals surface area contributed by atoms with Gasteiger partial charge in [0.25, 0.3) is 0 Å². The Morgan fingerprint density at radius 3 is 2.40 bits per heavy atom. The maximum atomic E-state index is 6.35. The number of pyridine rings is 1. The zero-order valence-electron chi connectivity index (χ0n) is 11.6. The second-order valence-electron chi connectivity index (χ2n) is 5.27. The molecule has 3 aromatic rings. The molecule has 0 saturated heterocycles. The van der Waals surface area contributed by atoms with Gasteiger partial charge < -0.3 is 0 Å². The average molecular weight is 282 g/mol. The van der Waals surface area contributed by atoms with Crippen LogP contribution in [0.2, 0.25) is 5.15 Å². The van der Waals surface area contributed by atoms with E-state index in [1.165, 1.54) is 5.56 Å². The van der Waals surface area contributed by atoms with Crippen LogP contribution >= 0.6 is 11.6 Å². The number of hydrogen-bond acceptors (Lipinski definition) is 1. The number of nitrogens with zero attached hydrogens (tertiary/aromatic N) is 1. The first kappa shape index (κ1) is 13.1. The summed E-state index contributed by atoms with van der Waals surface area (Å²) >= 11 is 6.35. The van der Waals surface area contributed by atoms with E-state index in [0.29, 0.717) is 11.1 Å². The number of benzene rings is 2. The van der Waals surface area contributed by atoms with Crippen LogP contribution in [0.1, 0.15) is 25.3 Å². The van der Waals surface area contributed by atoms with E-state index in [1.54, 1.807) is 0 Å². The first-order valence-electron chi connectivity index (χ1n) is 6.81. The fourth-order valence-corrected chi connectivity index (χ4v) is 2.81. The summed E-state index contributed by atoms with van der Waals surface area (Å²) in [6.45, 7) is 4.27. The van der Waals surface area contributed by atoms with Crippen LogP contribution in [0.15, 0.2) is 54.6 Å². The first-order chi connectivity index (χ1) is 9.66. The van der Waals surface area contributed by atoms with Crippen molar-refractivity contribution in [2.75, 3.05) is 0 Å². The van der Waals surface area contributed by atoms with E-state index in [-0.39, 0.29) is 0 Å². The Balaban J connectivity index is 2.28. The summed E-state index contributed by atoms with van der Waals surface area (Å²) in [5.74, 6) is 0.375. The molecule has 1 heterocycles. The van der Waals surface area contributed by atoms with Gasteiger partial charge in [-0.25, -0.2) is 4.98 Å². The third-order valence-corrected chi connectivity index (χ3v) is 3.84. The minimum absolute atomic E-state index is 0.375. The Kier molecular flexibility index (Phi) is 3.45. The van der Waals surface area contributed by atoms with Gasteiger partial charge in [0.05, 0.1) is 5.52 Å². The van der Waals surface area contributed by atoms with Gasteiger partial charge in [-0.2, -0.15) is 0 Å². The van der Waals surface area contributed by atoms with Gasteiger partial charge in [-0.15, -0.1) is 0 Å². The van der Waals surface area contributed by atoms with Crippen LogP contribution in [0.5, 0.6) is 0 Å². The van der Waals surface area contributed by atoms with Crippen molar-refractivity contribution >= 4 is 22.5 Å². The predicted molar refractivity (Wildman–Crippen MR) is 86.3 cm³/mol. The van der Waals surface area contributed by atoms with Gasteiger partial charge in [-0.3, -0.25) is 0 Å². The standard InChI is InChI=1S/C18H16ClN/c1-12(2)16-11-14-9-6-10-15(17(14)20-18(16)19)13-7-4-3-5-8-13/h3-12H,1-2H3. The number of hydrogen-bond donors (Lipinski definition) is 0. The van der Waals surface area contributed by atoms with Crippen LogP contribution < -0.4 is 0 Å². The quantitative estimate of drug-likeness (QED) is 0.551. The summed E-state index contributed by atoms with van der Waals surface area (Å²) in [6.07, 6.45) is 0. The van der Waals surface area contributed by atoms with Gasteiger partial charge in [-0.05, 0) is 23.1 Å². The van der Waals surface area contributed by atoms with Crippen molar-refractivity contribution < 1.29 is 0 Å². The zero-order chi connectivity index (χ0) is 14.1. The summed E-state index contributed by atoms with van der Waals surface area (Å²) in [4.78, 5) is 4.64. The van der Waals surface area contributed by atoms with Gasteiger partial charge in [0, 0.05) is 10.9 Å². The molecule has 0 amide bonds. The van der Waals surface area contributed by atoms with Crippen molar-refractivity contribution in [3.63, 3.8) is 0 Å². The van der Waals surface area contributed by atoms with E-state index in [1.807, 2.05) is 18.2 Å². The molecule has 3 rings (SSSR count). The maximum Gasteiger partial charge on any atom is 0.133 e. The van der Waals surface area contributed by atoms with Crippen LogP contribution in [0.3, 0.4) is 0 Å². The van der Waals surface area contributed by atoms with Gasteiger partial charge in [-0.1, -0.05) is 74.0 Å². The Morgan fingerprint density at radius 1 is 0.950 bits per heavy atom. The minimum atomic E-state index is 0.375. The van der Waals surface area contributed by atoms with Crippen molar-refractivity contribution in [3.05, 3.63) is 65.3 Å². The minimum Gasteiger partial charge on any atom is -0.235 e. The topological polar surface area (TPSA) is 12.9 Å². The second-order valence-corrected chi connectivity index (χ2v) is 5.62. The first-order valence-corrected chi connectivity index (χ1v) is 7.19. The molecule has 100 valence electrons. The molecule has 0 unspecified atom stereocenters. The fourth-order valence-electron chi connectivity index (χ4n) is 2.45. The fraction of sp³-hybridized carbons (Fsp3) is 0.167. The predicted octanol–water partition coefficient (Wildman–Crippen LogP) is 5.68. The molecule has 0 atom stereocenters. The van der Waals surface area contributed by atoms with E-state index in [0.717, 1.165) is 22.0 Å². The molecule has 1 nitrogen and oxygen atoms in total. The molecule has 0 radical (unpaired) electrons. The highest BCUT2D eigenvalue weighted by atomic mass is 35.5. The van der Waals surface area contributed by atoms with Crippen LogP contribution in [0.25, 0.3) is 22.0 Å². The van der Waals surface area contributed by atoms with E-state index < -0.39 is 0 Å². The molecule has 20 heavy (non-hydrogen) atoms. The molecule has 0 aliphatic heterocycles. The van der Waals surface area contributed by atoms with Crippen molar-refractivity contribution in [2.45, 2.75) is 19.8 Å². The lowest BCUT2D eigenvalue weighted by molar-refractivity contribution is 0.862. The van der Waals surface area contributed by atoms with E-state index in [4.69, 9.17) is 11.6 Å². The van der Waals surface area contributed by atoms with Crippen molar-refractivity contribution in [1.82, 2.24) is 4.98 Å². The number of rotatable bonds is 2. The van der Waals surface area contributed by atoms with Crippen LogP contribution in [-0.2, 0) is 0 Å². The lowest BCUT2D eigenvalue weighted by Gasteiger charge is -2.11. The van der Waals surface area contributed by atoms with E-state index in [2.05, 4.69) is 55.2 Å². The third kappa shape index (κ3) is 2.30. The number of para-hydroxylation sites is 1. The third-order valence-electron chi connectivity index (χ3n) is 3.53. The van der Waals surface area contributed by atoms with Crippen LogP contribution in [0, 0.1) is 0 Å². The Bertz CT molecular complexity index is 748. The highest BCUT2D eigenvalue weighted by molar-refractivity contribution is 6.30. The number of aromatic nitrogens is 1. The molecule has 2 aromatic carbocycles. The van der Waals surface area contributed by atoms with Crippen molar-refractivity contribution in [1.29, 1.82) is 0 Å². The molecule has 0 bridgehead atoms. The van der Waals surface area contributed by atoms with E-state index in [9.17, 15) is 0 Å². The molecular formula is C18H16ClN. The van der Waals surface area contributed by atoms with Crippen LogP contribution in [0.4, 0.5) is 0 Å². The molecule has 0 spiro atoms. The lowest BCUT2D eigenvalue weighted by atomic mass is 9.99. The Morgan fingerprint density at radius 2 is 1.70 bits per heavy atom. The molecular weight excluding hydrogens is 266 g/mol. The number of fused-ring (bicyclic) bond motifs is 1. The molecule has 0 N–H and O–H groups in total. The normalized spacial score (nSPS) is 11.2. The van der Waals surface area contributed by atoms with Crippen LogP contribution in [-0.4, -0.2) is 4.98 Å². The summed E-state index contributed by atoms with van der Waals surface area (Å²) < 4.78 is 0. The van der Waals surface area contributed by atoms with Crippen molar-refractivity contribution in [2.24, 2.45) is 0 Å². The summed E-state index contributed by atoms with van der Waals surface area (Å²) in [5, 5.41) is 1.75. The summed E-state index contributed by atoms with van der Waals surface area (Å²) in [5.41, 5.74) is 4.36. The molecule has 0 fully saturated rings. The van der Waals surface area contributed by atoms with Gasteiger partial charge in [0.15, 0.2) is 0 Å². The molecule has 0 aliphatic rings.